The van der Waals surface area contributed by atoms with E-state index in [1.54, 1.807) is 6.07 Å². The lowest BCUT2D eigenvalue weighted by molar-refractivity contribution is 0.599. The first kappa shape index (κ1) is 14.3. The molecule has 0 radical (unpaired) electrons. The summed E-state index contributed by atoms with van der Waals surface area (Å²) in [6.07, 6.45) is 0.706. The van der Waals surface area contributed by atoms with Crippen molar-refractivity contribution in [2.45, 2.75) is 25.2 Å². The van der Waals surface area contributed by atoms with Gasteiger partial charge in [0.1, 0.15) is 5.82 Å². The highest BCUT2D eigenvalue weighted by Crippen LogP contribution is 2.22. The zero-order valence-corrected chi connectivity index (χ0v) is 11.9. The second-order valence-electron chi connectivity index (χ2n) is 4.38. The van der Waals surface area contributed by atoms with Crippen LogP contribution in [0, 0.1) is 12.7 Å². The van der Waals surface area contributed by atoms with Crippen LogP contribution in [-0.4, -0.2) is 18.6 Å². The van der Waals surface area contributed by atoms with E-state index < -0.39 is 15.8 Å². The Hall–Kier alpha value is -2.09. The van der Waals surface area contributed by atoms with Gasteiger partial charge in [0.15, 0.2) is 5.82 Å². The minimum Gasteiger partial charge on any atom is -0.396 e. The van der Waals surface area contributed by atoms with Gasteiger partial charge in [-0.1, -0.05) is 6.92 Å². The Morgan fingerprint density at radius 1 is 1.40 bits per heavy atom. The standard InChI is InChI=1S/C12H15FN4O2S/c1-3-8-5-11(16-15-8)17-20(18,19)9-4-7(2)12(13)10(14)6-9/h4-6H,3,14H2,1-2H3,(H2,15,16,17). The number of aromatic amines is 1. The molecule has 4 N–H and O–H groups in total. The summed E-state index contributed by atoms with van der Waals surface area (Å²) in [5.41, 5.74) is 6.21. The molecule has 0 atom stereocenters. The molecule has 1 aromatic heterocycles. The number of nitrogens with two attached hydrogens (primary N) is 1. The predicted octanol–water partition coefficient (Wildman–Crippen LogP) is 1.80. The summed E-state index contributed by atoms with van der Waals surface area (Å²) >= 11 is 0. The number of sulfonamides is 1. The number of aromatic nitrogens is 2. The Kier molecular flexibility index (Phi) is 3.67. The Labute approximate surface area is 116 Å². The molecule has 1 aromatic carbocycles. The van der Waals surface area contributed by atoms with Gasteiger partial charge in [0.2, 0.25) is 0 Å². The van der Waals surface area contributed by atoms with E-state index in [-0.39, 0.29) is 22.0 Å². The Morgan fingerprint density at radius 2 is 2.10 bits per heavy atom. The predicted molar refractivity (Wildman–Crippen MR) is 74.3 cm³/mol. The summed E-state index contributed by atoms with van der Waals surface area (Å²) in [7, 11) is -3.85. The first-order valence-electron chi connectivity index (χ1n) is 5.96. The van der Waals surface area contributed by atoms with Crippen LogP contribution in [0.3, 0.4) is 0 Å². The molecule has 8 heteroatoms. The van der Waals surface area contributed by atoms with Crippen molar-refractivity contribution < 1.29 is 12.8 Å². The van der Waals surface area contributed by atoms with E-state index in [0.29, 0.717) is 6.42 Å². The number of benzene rings is 1. The number of nitrogen functional groups attached to an aromatic ring is 1. The second kappa shape index (κ2) is 5.12. The third-order valence-corrected chi connectivity index (χ3v) is 4.15. The fraction of sp³-hybridized carbons (Fsp3) is 0.250. The second-order valence-corrected chi connectivity index (χ2v) is 6.06. The molecule has 2 aromatic rings. The third-order valence-electron chi connectivity index (χ3n) is 2.82. The van der Waals surface area contributed by atoms with Gasteiger partial charge in [-0.3, -0.25) is 9.82 Å². The molecular weight excluding hydrogens is 283 g/mol. The summed E-state index contributed by atoms with van der Waals surface area (Å²) in [6.45, 7) is 3.37. The molecule has 0 aliphatic heterocycles. The summed E-state index contributed by atoms with van der Waals surface area (Å²) in [5, 5.41) is 6.54. The van der Waals surface area contributed by atoms with Gasteiger partial charge in [0.25, 0.3) is 10.0 Å². The summed E-state index contributed by atoms with van der Waals surface area (Å²) < 4.78 is 40.1. The number of nitrogens with one attached hydrogen (secondary N) is 2. The molecule has 1 heterocycles. The highest BCUT2D eigenvalue weighted by molar-refractivity contribution is 7.92. The van der Waals surface area contributed by atoms with E-state index >= 15 is 0 Å². The molecule has 108 valence electrons. The van der Waals surface area contributed by atoms with E-state index in [0.717, 1.165) is 11.8 Å². The van der Waals surface area contributed by atoms with Crippen LogP contribution in [0.2, 0.25) is 0 Å². The largest absolute Gasteiger partial charge is 0.396 e. The minimum atomic E-state index is -3.85. The van der Waals surface area contributed by atoms with Crippen molar-refractivity contribution in [2.24, 2.45) is 0 Å². The van der Waals surface area contributed by atoms with Crippen LogP contribution in [0.15, 0.2) is 23.1 Å². The lowest BCUT2D eigenvalue weighted by atomic mass is 10.2. The van der Waals surface area contributed by atoms with Crippen molar-refractivity contribution in [3.8, 4) is 0 Å². The molecular formula is C12H15FN4O2S. The van der Waals surface area contributed by atoms with Crippen molar-refractivity contribution in [1.29, 1.82) is 0 Å². The molecule has 0 unspecified atom stereocenters. The lowest BCUT2D eigenvalue weighted by Crippen LogP contribution is -2.14. The zero-order valence-electron chi connectivity index (χ0n) is 11.1. The van der Waals surface area contributed by atoms with E-state index in [1.165, 1.54) is 13.0 Å². The van der Waals surface area contributed by atoms with Crippen molar-refractivity contribution in [3.05, 3.63) is 35.3 Å². The van der Waals surface area contributed by atoms with Crippen LogP contribution >= 0.6 is 0 Å². The fourth-order valence-corrected chi connectivity index (χ4v) is 2.82. The van der Waals surface area contributed by atoms with Crippen LogP contribution < -0.4 is 10.5 Å². The highest BCUT2D eigenvalue weighted by atomic mass is 32.2. The van der Waals surface area contributed by atoms with Gasteiger partial charge in [-0.05, 0) is 31.0 Å². The molecule has 0 saturated carbocycles. The molecule has 0 amide bonds. The first-order valence-corrected chi connectivity index (χ1v) is 7.44. The zero-order chi connectivity index (χ0) is 14.9. The first-order chi connectivity index (χ1) is 9.33. The maximum Gasteiger partial charge on any atom is 0.263 e. The number of H-pyrrole nitrogens is 1. The summed E-state index contributed by atoms with van der Waals surface area (Å²) in [6, 6.07) is 3.90. The Balaban J connectivity index is 2.35. The van der Waals surface area contributed by atoms with E-state index in [1.807, 2.05) is 6.92 Å². The van der Waals surface area contributed by atoms with Crippen molar-refractivity contribution in [3.63, 3.8) is 0 Å². The SMILES string of the molecule is CCc1cc(NS(=O)(=O)c2cc(C)c(F)c(N)c2)n[nH]1. The number of anilines is 2. The van der Waals surface area contributed by atoms with E-state index in [9.17, 15) is 12.8 Å². The van der Waals surface area contributed by atoms with E-state index in [2.05, 4.69) is 14.9 Å². The molecule has 0 spiro atoms. The van der Waals surface area contributed by atoms with Gasteiger partial charge < -0.3 is 5.73 Å². The number of aryl methyl sites for hydroxylation is 2. The molecule has 6 nitrogen and oxygen atoms in total. The maximum absolute atomic E-state index is 13.4. The summed E-state index contributed by atoms with van der Waals surface area (Å²) in [5.74, 6) is -0.431. The van der Waals surface area contributed by atoms with Gasteiger partial charge in [-0.15, -0.1) is 0 Å². The van der Waals surface area contributed by atoms with Crippen LogP contribution in [0.25, 0.3) is 0 Å². The lowest BCUT2D eigenvalue weighted by Gasteiger charge is -2.08. The molecule has 2 rings (SSSR count). The molecule has 0 saturated heterocycles. The quantitative estimate of drug-likeness (QED) is 0.749. The number of nitrogens with zero attached hydrogens (tertiary/aromatic N) is 1. The third kappa shape index (κ3) is 2.74. The van der Waals surface area contributed by atoms with Gasteiger partial charge in [0.05, 0.1) is 10.6 Å². The maximum atomic E-state index is 13.4. The number of halogens is 1. The van der Waals surface area contributed by atoms with Crippen LogP contribution in [0.5, 0.6) is 0 Å². The van der Waals surface area contributed by atoms with Gasteiger partial charge in [0, 0.05) is 11.8 Å². The van der Waals surface area contributed by atoms with Crippen LogP contribution in [0.4, 0.5) is 15.9 Å². The normalized spacial score (nSPS) is 11.6. The molecule has 0 aliphatic rings. The minimum absolute atomic E-state index is 0.102. The Morgan fingerprint density at radius 3 is 2.65 bits per heavy atom. The molecule has 20 heavy (non-hydrogen) atoms. The number of hydrogen-bond acceptors (Lipinski definition) is 4. The van der Waals surface area contributed by atoms with Crippen LogP contribution in [0.1, 0.15) is 18.2 Å². The van der Waals surface area contributed by atoms with Gasteiger partial charge >= 0.3 is 0 Å². The Bertz CT molecular complexity index is 717. The fourth-order valence-electron chi connectivity index (χ4n) is 1.71. The van der Waals surface area contributed by atoms with Crippen LogP contribution in [-0.2, 0) is 16.4 Å². The smallest absolute Gasteiger partial charge is 0.263 e. The number of hydrogen-bond donors (Lipinski definition) is 3. The van der Waals surface area contributed by atoms with Crippen molar-refractivity contribution >= 4 is 21.5 Å². The summed E-state index contributed by atoms with van der Waals surface area (Å²) in [4.78, 5) is -0.102. The van der Waals surface area contributed by atoms with Gasteiger partial charge in [-0.2, -0.15) is 5.10 Å². The average Bonchev–Trinajstić information content (AvgIpc) is 2.82. The van der Waals surface area contributed by atoms with Gasteiger partial charge in [-0.25, -0.2) is 12.8 Å². The average molecular weight is 298 g/mol. The molecule has 0 bridgehead atoms. The van der Waals surface area contributed by atoms with Crippen molar-refractivity contribution in [2.75, 3.05) is 10.5 Å². The molecule has 0 fully saturated rings. The molecule has 0 aliphatic carbocycles. The van der Waals surface area contributed by atoms with Crippen molar-refractivity contribution in [1.82, 2.24) is 10.2 Å². The highest BCUT2D eigenvalue weighted by Gasteiger charge is 2.18. The van der Waals surface area contributed by atoms with E-state index in [4.69, 9.17) is 5.73 Å². The topological polar surface area (TPSA) is 101 Å². The monoisotopic (exact) mass is 298 g/mol. The number of rotatable bonds is 4.